The quantitative estimate of drug-likeness (QED) is 0.389. The third-order valence-corrected chi connectivity index (χ3v) is 5.96. The van der Waals surface area contributed by atoms with E-state index in [9.17, 15) is 9.18 Å². The van der Waals surface area contributed by atoms with Crippen LogP contribution in [0.5, 0.6) is 0 Å². The third kappa shape index (κ3) is 4.64. The summed E-state index contributed by atoms with van der Waals surface area (Å²) in [6.45, 7) is 4.59. The van der Waals surface area contributed by atoms with Crippen LogP contribution in [0.15, 0.2) is 49.2 Å². The minimum Gasteiger partial charge on any atom is -0.380 e. The van der Waals surface area contributed by atoms with Crippen LogP contribution < -0.4 is 15.5 Å². The number of pyridine rings is 1. The highest BCUT2D eigenvalue weighted by molar-refractivity contribution is 5.97. The molecule has 0 radical (unpaired) electrons. The molecule has 4 aromatic rings. The van der Waals surface area contributed by atoms with Crippen molar-refractivity contribution in [3.63, 3.8) is 0 Å². The number of carbonyl (C=O) groups is 1. The highest BCUT2D eigenvalue weighted by atomic mass is 19.1. The third-order valence-electron chi connectivity index (χ3n) is 5.96. The number of rotatable bonds is 7. The van der Waals surface area contributed by atoms with Gasteiger partial charge in [0.05, 0.1) is 24.3 Å². The number of hydrogen-bond donors (Lipinski definition) is 2. The summed E-state index contributed by atoms with van der Waals surface area (Å²) in [5.41, 5.74) is 1.08. The predicted molar refractivity (Wildman–Crippen MR) is 128 cm³/mol. The van der Waals surface area contributed by atoms with E-state index in [0.717, 1.165) is 0 Å². The summed E-state index contributed by atoms with van der Waals surface area (Å²) < 4.78 is 22.5. The zero-order chi connectivity index (χ0) is 24.5. The number of halogens is 1. The Bertz CT molecular complexity index is 1330. The lowest BCUT2D eigenvalue weighted by molar-refractivity contribution is -0.117. The highest BCUT2D eigenvalue weighted by Gasteiger charge is 2.39. The van der Waals surface area contributed by atoms with Crippen molar-refractivity contribution in [3.8, 4) is 0 Å². The van der Waals surface area contributed by atoms with Gasteiger partial charge in [-0.1, -0.05) is 0 Å². The number of nitrogens with zero attached hydrogens (tertiary/aromatic N) is 7. The molecule has 0 bridgehead atoms. The second-order valence-electron chi connectivity index (χ2n) is 8.63. The first kappa shape index (κ1) is 22.7. The lowest BCUT2D eigenvalue weighted by atomic mass is 10.2. The van der Waals surface area contributed by atoms with Crippen LogP contribution >= 0.6 is 0 Å². The Morgan fingerprint density at radius 2 is 2.09 bits per heavy atom. The van der Waals surface area contributed by atoms with E-state index in [2.05, 4.69) is 39.4 Å². The molecule has 11 nitrogen and oxygen atoms in total. The predicted octanol–water partition coefficient (Wildman–Crippen LogP) is 3.02. The topological polar surface area (TPSA) is 114 Å². The van der Waals surface area contributed by atoms with Gasteiger partial charge >= 0.3 is 0 Å². The summed E-state index contributed by atoms with van der Waals surface area (Å²) in [5.74, 6) is 0.664. The van der Waals surface area contributed by atoms with E-state index in [1.165, 1.54) is 18.3 Å². The van der Waals surface area contributed by atoms with Gasteiger partial charge < -0.3 is 24.8 Å². The highest BCUT2D eigenvalue weighted by Crippen LogP contribution is 2.28. The molecule has 182 valence electrons. The first-order chi connectivity index (χ1) is 16.9. The number of imidazole rings is 1. The summed E-state index contributed by atoms with van der Waals surface area (Å²) >= 11 is 0. The van der Waals surface area contributed by atoms with Gasteiger partial charge in [0.15, 0.2) is 5.82 Å². The second-order valence-corrected chi connectivity index (χ2v) is 8.63. The maximum atomic E-state index is 13.2. The van der Waals surface area contributed by atoms with E-state index in [4.69, 9.17) is 9.72 Å². The van der Waals surface area contributed by atoms with E-state index >= 15 is 0 Å². The summed E-state index contributed by atoms with van der Waals surface area (Å²) in [4.78, 5) is 32.5. The largest absolute Gasteiger partial charge is 0.380 e. The van der Waals surface area contributed by atoms with Crippen LogP contribution in [0.25, 0.3) is 5.65 Å². The number of ether oxygens (including phenoxy) is 1. The smallest absolute Gasteiger partial charge is 0.247 e. The molecule has 5 rings (SSSR count). The number of aromatic nitrogens is 6. The fourth-order valence-electron chi connectivity index (χ4n) is 4.05. The summed E-state index contributed by atoms with van der Waals surface area (Å²) in [5, 5.41) is 6.07. The van der Waals surface area contributed by atoms with Crippen molar-refractivity contribution in [1.82, 2.24) is 28.9 Å². The Hall–Kier alpha value is -4.06. The number of anilines is 4. The first-order valence-electron chi connectivity index (χ1n) is 11.3. The number of fused-ring (bicyclic) bond motifs is 1. The minimum atomic E-state index is -0.614. The average Bonchev–Trinajstić information content (AvgIpc) is 3.59. The van der Waals surface area contributed by atoms with Crippen molar-refractivity contribution in [2.75, 3.05) is 29.2 Å². The number of hydrogen-bond acceptors (Lipinski definition) is 8. The van der Waals surface area contributed by atoms with Crippen molar-refractivity contribution in [1.29, 1.82) is 0 Å². The summed E-state index contributed by atoms with van der Waals surface area (Å²) in [6.07, 6.45) is 7.08. The van der Waals surface area contributed by atoms with Crippen LogP contribution in [0, 0.1) is 5.95 Å². The SMILES string of the molecule is CO[C@@H]1C[C@@H](C(=O)Nc2ccc(F)nc2)N(c2nc(Nc3cn(C(C)C)cn3)n3cccc3n2)C1. The molecule has 2 N–H and O–H groups in total. The Labute approximate surface area is 201 Å². The Morgan fingerprint density at radius 3 is 2.80 bits per heavy atom. The number of nitrogens with one attached hydrogen (secondary N) is 2. The van der Waals surface area contributed by atoms with Crippen molar-refractivity contribution in [3.05, 3.63) is 55.1 Å². The number of carbonyl (C=O) groups excluding carboxylic acids is 1. The zero-order valence-electron chi connectivity index (χ0n) is 19.6. The number of amides is 1. The Kier molecular flexibility index (Phi) is 6.03. The normalized spacial score (nSPS) is 17.9. The Balaban J connectivity index is 1.45. The molecule has 0 saturated carbocycles. The molecule has 0 unspecified atom stereocenters. The van der Waals surface area contributed by atoms with Gasteiger partial charge in [-0.25, -0.2) is 9.97 Å². The molecular weight excluding hydrogens is 453 g/mol. The molecule has 1 amide bonds. The van der Waals surface area contributed by atoms with Crippen LogP contribution in [0.4, 0.5) is 27.8 Å². The maximum absolute atomic E-state index is 13.2. The molecule has 0 aromatic carbocycles. The van der Waals surface area contributed by atoms with Gasteiger partial charge in [-0.2, -0.15) is 14.4 Å². The molecule has 1 fully saturated rings. The molecule has 1 aliphatic rings. The fraction of sp³-hybridized carbons (Fsp3) is 0.348. The van der Waals surface area contributed by atoms with Crippen molar-refractivity contribution >= 4 is 35.0 Å². The molecule has 4 aromatic heterocycles. The second kappa shape index (κ2) is 9.29. The van der Waals surface area contributed by atoms with Gasteiger partial charge in [-0.3, -0.25) is 9.20 Å². The standard InChI is InChI=1S/C23H26FN9O2/c1-14(2)31-12-19(26-13-31)28-22-30-23(29-20-5-4-8-32(20)22)33-11-16(35-3)9-17(33)21(34)27-15-6-7-18(24)25-10-15/h4-8,10,12-14,16-17H,9,11H2,1-3H3,(H,27,34)(H,28,29,30)/t16-,17+/m1/s1. The van der Waals surface area contributed by atoms with E-state index in [0.29, 0.717) is 42.0 Å². The first-order valence-corrected chi connectivity index (χ1v) is 11.3. The molecule has 2 atom stereocenters. The molecule has 5 heterocycles. The fourth-order valence-corrected chi connectivity index (χ4v) is 4.05. The monoisotopic (exact) mass is 479 g/mol. The summed E-state index contributed by atoms with van der Waals surface area (Å²) in [7, 11) is 1.61. The molecule has 0 spiro atoms. The zero-order valence-corrected chi connectivity index (χ0v) is 19.6. The van der Waals surface area contributed by atoms with Gasteiger partial charge in [-0.15, -0.1) is 0 Å². The van der Waals surface area contributed by atoms with Gasteiger partial charge in [0.25, 0.3) is 0 Å². The van der Waals surface area contributed by atoms with E-state index in [1.807, 2.05) is 38.4 Å². The molecule has 35 heavy (non-hydrogen) atoms. The molecule has 1 aliphatic heterocycles. The van der Waals surface area contributed by atoms with Crippen molar-refractivity contribution in [2.24, 2.45) is 0 Å². The molecular formula is C23H26FN9O2. The van der Waals surface area contributed by atoms with Crippen LogP contribution in [-0.2, 0) is 9.53 Å². The van der Waals surface area contributed by atoms with Gasteiger partial charge in [0, 0.05) is 38.5 Å². The lowest BCUT2D eigenvalue weighted by Gasteiger charge is -2.24. The average molecular weight is 480 g/mol. The van der Waals surface area contributed by atoms with Crippen molar-refractivity contribution in [2.45, 2.75) is 38.5 Å². The maximum Gasteiger partial charge on any atom is 0.247 e. The van der Waals surface area contributed by atoms with Crippen LogP contribution in [0.1, 0.15) is 26.3 Å². The lowest BCUT2D eigenvalue weighted by Crippen LogP contribution is -2.40. The molecule has 1 saturated heterocycles. The van der Waals surface area contributed by atoms with Gasteiger partial charge in [-0.05, 0) is 38.1 Å². The van der Waals surface area contributed by atoms with Gasteiger partial charge in [0.1, 0.15) is 11.7 Å². The van der Waals surface area contributed by atoms with Crippen LogP contribution in [0.2, 0.25) is 0 Å². The molecule has 12 heteroatoms. The van der Waals surface area contributed by atoms with E-state index in [1.54, 1.807) is 13.4 Å². The molecule has 0 aliphatic carbocycles. The van der Waals surface area contributed by atoms with Crippen LogP contribution in [0.3, 0.4) is 0 Å². The minimum absolute atomic E-state index is 0.179. The van der Waals surface area contributed by atoms with Gasteiger partial charge in [0.2, 0.25) is 23.8 Å². The van der Waals surface area contributed by atoms with Crippen LogP contribution in [-0.4, -0.2) is 60.6 Å². The van der Waals surface area contributed by atoms with E-state index < -0.39 is 12.0 Å². The number of methoxy groups -OCH3 is 1. The Morgan fingerprint density at radius 1 is 1.23 bits per heavy atom. The van der Waals surface area contributed by atoms with Crippen molar-refractivity contribution < 1.29 is 13.9 Å². The van der Waals surface area contributed by atoms with E-state index in [-0.39, 0.29) is 18.1 Å². The summed E-state index contributed by atoms with van der Waals surface area (Å²) in [6, 6.07) is 6.09.